The van der Waals surface area contributed by atoms with E-state index in [1.54, 1.807) is 19.1 Å². The van der Waals surface area contributed by atoms with Crippen LogP contribution in [0.25, 0.3) is 0 Å². The predicted octanol–water partition coefficient (Wildman–Crippen LogP) is 3.69. The molecular weight excluding hydrogens is 311 g/mol. The van der Waals surface area contributed by atoms with E-state index in [-0.39, 0.29) is 23.8 Å². The molecule has 1 aromatic rings. The largest absolute Gasteiger partial charge is 0.374 e. The lowest BCUT2D eigenvalue weighted by Gasteiger charge is -2.20. The topological polar surface area (TPSA) is 41.1 Å². The molecule has 5 heteroatoms. The van der Waals surface area contributed by atoms with Crippen LogP contribution in [0.2, 0.25) is 0 Å². The predicted molar refractivity (Wildman–Crippen MR) is 79.7 cm³/mol. The fraction of sp³-hybridized carbons (Fsp3) is 0.500. The highest BCUT2D eigenvalue weighted by Crippen LogP contribution is 2.20. The maximum Gasteiger partial charge on any atom is 0.242 e. The quantitative estimate of drug-likeness (QED) is 0.835. The van der Waals surface area contributed by atoms with Gasteiger partial charge in [0.05, 0.1) is 4.47 Å². The molecule has 1 aromatic carbocycles. The average molecular weight is 331 g/mol. The van der Waals surface area contributed by atoms with Crippen molar-refractivity contribution in [2.75, 3.05) is 5.32 Å². The summed E-state index contributed by atoms with van der Waals surface area (Å²) in [4.78, 5) is 12.0. The van der Waals surface area contributed by atoms with E-state index in [1.165, 1.54) is 6.07 Å². The van der Waals surface area contributed by atoms with Crippen LogP contribution in [-0.2, 0) is 4.79 Å². The van der Waals surface area contributed by atoms with Gasteiger partial charge in [-0.1, -0.05) is 13.8 Å². The number of nitrogens with one attached hydrogen (secondary N) is 2. The highest BCUT2D eigenvalue weighted by atomic mass is 79.9. The molecule has 3 nitrogen and oxygen atoms in total. The SMILES string of the molecule is CCC(CC)NC(=O)C(C)Nc1ccc(F)c(Br)c1. The fourth-order valence-corrected chi connectivity index (χ4v) is 2.10. The Morgan fingerprint density at radius 2 is 2.00 bits per heavy atom. The lowest BCUT2D eigenvalue weighted by atomic mass is 10.1. The molecule has 0 spiro atoms. The molecule has 2 N–H and O–H groups in total. The smallest absolute Gasteiger partial charge is 0.242 e. The number of amides is 1. The summed E-state index contributed by atoms with van der Waals surface area (Å²) in [6.45, 7) is 5.88. The number of hydrogen-bond acceptors (Lipinski definition) is 2. The summed E-state index contributed by atoms with van der Waals surface area (Å²) < 4.78 is 13.5. The van der Waals surface area contributed by atoms with Crippen molar-refractivity contribution in [3.05, 3.63) is 28.5 Å². The number of hydrogen-bond donors (Lipinski definition) is 2. The molecule has 0 saturated carbocycles. The normalized spacial score (nSPS) is 12.3. The van der Waals surface area contributed by atoms with Crippen LogP contribution in [0.4, 0.5) is 10.1 Å². The Morgan fingerprint density at radius 1 is 1.37 bits per heavy atom. The molecular formula is C14H20BrFN2O. The summed E-state index contributed by atoms with van der Waals surface area (Å²) in [6.07, 6.45) is 1.83. The van der Waals surface area contributed by atoms with E-state index in [9.17, 15) is 9.18 Å². The first-order valence-corrected chi connectivity index (χ1v) is 7.29. The van der Waals surface area contributed by atoms with Crippen LogP contribution in [0.5, 0.6) is 0 Å². The van der Waals surface area contributed by atoms with E-state index < -0.39 is 0 Å². The van der Waals surface area contributed by atoms with Crippen molar-refractivity contribution in [2.45, 2.75) is 45.7 Å². The Labute approximate surface area is 122 Å². The van der Waals surface area contributed by atoms with Crippen LogP contribution >= 0.6 is 15.9 Å². The summed E-state index contributed by atoms with van der Waals surface area (Å²) in [6, 6.07) is 4.43. The second-order valence-corrected chi connectivity index (χ2v) is 5.37. The first-order chi connectivity index (χ1) is 8.97. The van der Waals surface area contributed by atoms with Gasteiger partial charge in [0, 0.05) is 11.7 Å². The molecule has 1 atom stereocenters. The van der Waals surface area contributed by atoms with Crippen molar-refractivity contribution in [3.8, 4) is 0 Å². The van der Waals surface area contributed by atoms with Gasteiger partial charge in [-0.2, -0.15) is 0 Å². The zero-order valence-corrected chi connectivity index (χ0v) is 13.1. The van der Waals surface area contributed by atoms with Crippen molar-refractivity contribution in [3.63, 3.8) is 0 Å². The fourth-order valence-electron chi connectivity index (χ4n) is 1.72. The van der Waals surface area contributed by atoms with E-state index in [4.69, 9.17) is 0 Å². The first kappa shape index (κ1) is 16.0. The molecule has 0 aliphatic heterocycles. The van der Waals surface area contributed by atoms with E-state index in [1.807, 2.05) is 13.8 Å². The third-order valence-electron chi connectivity index (χ3n) is 3.03. The molecule has 1 amide bonds. The van der Waals surface area contributed by atoms with Gasteiger partial charge in [-0.3, -0.25) is 4.79 Å². The van der Waals surface area contributed by atoms with Crippen LogP contribution in [0.15, 0.2) is 22.7 Å². The van der Waals surface area contributed by atoms with Crippen molar-refractivity contribution < 1.29 is 9.18 Å². The van der Waals surface area contributed by atoms with E-state index in [0.29, 0.717) is 10.2 Å². The van der Waals surface area contributed by atoms with E-state index in [0.717, 1.165) is 12.8 Å². The summed E-state index contributed by atoms with van der Waals surface area (Å²) in [5.74, 6) is -0.367. The minimum Gasteiger partial charge on any atom is -0.374 e. The lowest BCUT2D eigenvalue weighted by Crippen LogP contribution is -2.42. The maximum atomic E-state index is 13.1. The molecule has 0 aliphatic rings. The summed E-state index contributed by atoms with van der Waals surface area (Å²) in [7, 11) is 0. The molecule has 19 heavy (non-hydrogen) atoms. The Bertz CT molecular complexity index is 435. The molecule has 106 valence electrons. The number of halogens is 2. The highest BCUT2D eigenvalue weighted by Gasteiger charge is 2.15. The number of anilines is 1. The van der Waals surface area contributed by atoms with Crippen molar-refractivity contribution >= 4 is 27.5 Å². The molecule has 0 aliphatic carbocycles. The van der Waals surface area contributed by atoms with Gasteiger partial charge in [0.15, 0.2) is 0 Å². The average Bonchev–Trinajstić information content (AvgIpc) is 2.39. The molecule has 1 rings (SSSR count). The Hall–Kier alpha value is -1.10. The van der Waals surface area contributed by atoms with Gasteiger partial charge in [-0.15, -0.1) is 0 Å². The molecule has 1 unspecified atom stereocenters. The summed E-state index contributed by atoms with van der Waals surface area (Å²) in [5.41, 5.74) is 0.709. The summed E-state index contributed by atoms with van der Waals surface area (Å²) >= 11 is 3.12. The second-order valence-electron chi connectivity index (χ2n) is 4.52. The van der Waals surface area contributed by atoms with Gasteiger partial charge in [-0.25, -0.2) is 4.39 Å². The number of rotatable bonds is 6. The first-order valence-electron chi connectivity index (χ1n) is 6.49. The van der Waals surface area contributed by atoms with Gasteiger partial charge in [0.25, 0.3) is 0 Å². The van der Waals surface area contributed by atoms with Crippen LogP contribution in [0, 0.1) is 5.82 Å². The lowest BCUT2D eigenvalue weighted by molar-refractivity contribution is -0.122. The standard InChI is InChI=1S/C14H20BrFN2O/c1-4-10(5-2)18-14(19)9(3)17-11-6-7-13(16)12(15)8-11/h6-10,17H,4-5H2,1-3H3,(H,18,19). The second kappa shape index (κ2) is 7.48. The molecule has 0 fully saturated rings. The monoisotopic (exact) mass is 330 g/mol. The Morgan fingerprint density at radius 3 is 2.53 bits per heavy atom. The third kappa shape index (κ3) is 4.82. The van der Waals surface area contributed by atoms with Gasteiger partial charge in [0.1, 0.15) is 11.9 Å². The van der Waals surface area contributed by atoms with Crippen LogP contribution in [0.3, 0.4) is 0 Å². The highest BCUT2D eigenvalue weighted by molar-refractivity contribution is 9.10. The third-order valence-corrected chi connectivity index (χ3v) is 3.64. The zero-order valence-electron chi connectivity index (χ0n) is 11.5. The molecule has 0 radical (unpaired) electrons. The van der Waals surface area contributed by atoms with Gasteiger partial charge < -0.3 is 10.6 Å². The number of carbonyl (C=O) groups excluding carboxylic acids is 1. The minimum absolute atomic E-state index is 0.0471. The Kier molecular flexibility index (Phi) is 6.28. The molecule has 0 bridgehead atoms. The molecule has 0 aromatic heterocycles. The van der Waals surface area contributed by atoms with Crippen molar-refractivity contribution in [1.82, 2.24) is 5.32 Å². The van der Waals surface area contributed by atoms with Crippen LogP contribution in [0.1, 0.15) is 33.6 Å². The van der Waals surface area contributed by atoms with Crippen molar-refractivity contribution in [2.24, 2.45) is 0 Å². The van der Waals surface area contributed by atoms with Gasteiger partial charge in [-0.05, 0) is 53.9 Å². The van der Waals surface area contributed by atoms with Crippen molar-refractivity contribution in [1.29, 1.82) is 0 Å². The van der Waals surface area contributed by atoms with Gasteiger partial charge >= 0.3 is 0 Å². The molecule has 0 heterocycles. The molecule has 0 saturated heterocycles. The van der Waals surface area contributed by atoms with Gasteiger partial charge in [0.2, 0.25) is 5.91 Å². The number of carbonyl (C=O) groups is 1. The zero-order chi connectivity index (χ0) is 14.4. The van der Waals surface area contributed by atoms with Crippen LogP contribution < -0.4 is 10.6 Å². The summed E-state index contributed by atoms with van der Waals surface area (Å²) in [5, 5.41) is 6.03. The van der Waals surface area contributed by atoms with Crippen LogP contribution in [-0.4, -0.2) is 18.0 Å². The van der Waals surface area contributed by atoms with E-state index >= 15 is 0 Å². The Balaban J connectivity index is 2.60. The number of benzene rings is 1. The minimum atomic E-state index is -0.363. The van der Waals surface area contributed by atoms with E-state index in [2.05, 4.69) is 26.6 Å². The maximum absolute atomic E-state index is 13.1.